The van der Waals surface area contributed by atoms with Crippen LogP contribution >= 0.6 is 15.9 Å². The van der Waals surface area contributed by atoms with Crippen molar-refractivity contribution in [2.24, 2.45) is 5.92 Å². The highest BCUT2D eigenvalue weighted by molar-refractivity contribution is 9.10. The van der Waals surface area contributed by atoms with E-state index in [1.54, 1.807) is 0 Å². The van der Waals surface area contributed by atoms with Crippen LogP contribution in [-0.2, 0) is 16.1 Å². The van der Waals surface area contributed by atoms with E-state index in [1.807, 2.05) is 37.3 Å². The van der Waals surface area contributed by atoms with E-state index in [9.17, 15) is 9.59 Å². The molecule has 2 aromatic carbocycles. The first kappa shape index (κ1) is 21.5. The summed E-state index contributed by atoms with van der Waals surface area (Å²) in [5, 5.41) is 5.56. The molecule has 154 valence electrons. The van der Waals surface area contributed by atoms with Crippen molar-refractivity contribution in [2.75, 3.05) is 19.6 Å². The molecule has 0 radical (unpaired) electrons. The van der Waals surface area contributed by atoms with Gasteiger partial charge >= 0.3 is 11.8 Å². The van der Waals surface area contributed by atoms with Crippen LogP contribution in [0.5, 0.6) is 0 Å². The van der Waals surface area contributed by atoms with Gasteiger partial charge in [0.15, 0.2) is 0 Å². The fourth-order valence-electron chi connectivity index (χ4n) is 3.60. The maximum atomic E-state index is 12.1. The second-order valence-electron chi connectivity index (χ2n) is 7.66. The number of nitrogens with zero attached hydrogens (tertiary/aromatic N) is 1. The third-order valence-electron chi connectivity index (χ3n) is 5.43. The Morgan fingerprint density at radius 1 is 1.03 bits per heavy atom. The van der Waals surface area contributed by atoms with Gasteiger partial charge in [-0.15, -0.1) is 0 Å². The number of hydrogen-bond donors (Lipinski definition) is 2. The van der Waals surface area contributed by atoms with Crippen molar-refractivity contribution in [3.8, 4) is 0 Å². The van der Waals surface area contributed by atoms with Gasteiger partial charge in [-0.25, -0.2) is 0 Å². The minimum absolute atomic E-state index is 0.198. The van der Waals surface area contributed by atoms with E-state index in [2.05, 4.69) is 55.7 Å². The Balaban J connectivity index is 1.36. The van der Waals surface area contributed by atoms with Crippen LogP contribution in [0.3, 0.4) is 0 Å². The first-order valence-electron chi connectivity index (χ1n) is 10.1. The smallest absolute Gasteiger partial charge is 0.309 e. The van der Waals surface area contributed by atoms with E-state index < -0.39 is 11.8 Å². The van der Waals surface area contributed by atoms with Crippen molar-refractivity contribution in [3.63, 3.8) is 0 Å². The van der Waals surface area contributed by atoms with Crippen LogP contribution in [0.4, 0.5) is 0 Å². The number of rotatable bonds is 6. The zero-order chi connectivity index (χ0) is 20.6. The number of hydrogen-bond acceptors (Lipinski definition) is 3. The van der Waals surface area contributed by atoms with E-state index in [-0.39, 0.29) is 6.04 Å². The standard InChI is InChI=1S/C23H28BrN3O2/c1-17(20-5-3-2-4-6-20)26-23(29)22(28)25-15-18-11-13-27(14-12-18)16-19-7-9-21(24)10-8-19/h2-10,17-18H,11-16H2,1H3,(H,25,28)(H,26,29)/t17-/m1/s1. The lowest BCUT2D eigenvalue weighted by Crippen LogP contribution is -2.44. The molecule has 1 fully saturated rings. The lowest BCUT2D eigenvalue weighted by molar-refractivity contribution is -0.139. The second kappa shape index (κ2) is 10.6. The average molecular weight is 458 g/mol. The summed E-state index contributed by atoms with van der Waals surface area (Å²) in [6.45, 7) is 5.40. The van der Waals surface area contributed by atoms with Crippen LogP contribution in [0.15, 0.2) is 59.1 Å². The fourth-order valence-corrected chi connectivity index (χ4v) is 3.87. The molecule has 1 aliphatic heterocycles. The Kier molecular flexibility index (Phi) is 7.83. The normalized spacial score (nSPS) is 16.2. The molecule has 1 atom stereocenters. The summed E-state index contributed by atoms with van der Waals surface area (Å²) in [4.78, 5) is 26.7. The van der Waals surface area contributed by atoms with E-state index in [0.29, 0.717) is 12.5 Å². The lowest BCUT2D eigenvalue weighted by Gasteiger charge is -2.32. The van der Waals surface area contributed by atoms with Gasteiger partial charge < -0.3 is 10.6 Å². The van der Waals surface area contributed by atoms with Gasteiger partial charge in [0.05, 0.1) is 6.04 Å². The number of piperidine rings is 1. The van der Waals surface area contributed by atoms with E-state index in [1.165, 1.54) is 5.56 Å². The molecule has 1 aliphatic rings. The van der Waals surface area contributed by atoms with E-state index in [4.69, 9.17) is 0 Å². The zero-order valence-corrected chi connectivity index (χ0v) is 18.3. The third kappa shape index (κ3) is 6.68. The second-order valence-corrected chi connectivity index (χ2v) is 8.58. The van der Waals surface area contributed by atoms with Crippen molar-refractivity contribution < 1.29 is 9.59 Å². The van der Waals surface area contributed by atoms with Gasteiger partial charge in [-0.2, -0.15) is 0 Å². The highest BCUT2D eigenvalue weighted by atomic mass is 79.9. The number of amides is 2. The summed E-state index contributed by atoms with van der Waals surface area (Å²) in [6, 6.07) is 17.9. The molecule has 1 heterocycles. The third-order valence-corrected chi connectivity index (χ3v) is 5.96. The topological polar surface area (TPSA) is 61.4 Å². The van der Waals surface area contributed by atoms with Gasteiger partial charge in [-0.3, -0.25) is 14.5 Å². The van der Waals surface area contributed by atoms with Gasteiger partial charge in [0.25, 0.3) is 0 Å². The number of carbonyl (C=O) groups is 2. The fraction of sp³-hybridized carbons (Fsp3) is 0.391. The molecule has 29 heavy (non-hydrogen) atoms. The molecule has 6 heteroatoms. The van der Waals surface area contributed by atoms with Crippen LogP contribution in [0.2, 0.25) is 0 Å². The summed E-state index contributed by atoms with van der Waals surface area (Å²) >= 11 is 3.47. The number of carbonyl (C=O) groups excluding carboxylic acids is 2. The summed E-state index contributed by atoms with van der Waals surface area (Å²) < 4.78 is 1.10. The van der Waals surface area contributed by atoms with Gasteiger partial charge in [0.2, 0.25) is 0 Å². The first-order chi connectivity index (χ1) is 14.0. The molecular formula is C23H28BrN3O2. The predicted octanol–water partition coefficient (Wildman–Crippen LogP) is 3.65. The van der Waals surface area contributed by atoms with Gasteiger partial charge in [0, 0.05) is 17.6 Å². The minimum atomic E-state index is -0.575. The average Bonchev–Trinajstić information content (AvgIpc) is 2.75. The molecule has 0 saturated carbocycles. The van der Waals surface area contributed by atoms with Crippen LogP contribution in [0.25, 0.3) is 0 Å². The van der Waals surface area contributed by atoms with Gasteiger partial charge in [0.1, 0.15) is 0 Å². The highest BCUT2D eigenvalue weighted by Crippen LogP contribution is 2.19. The molecule has 0 aliphatic carbocycles. The summed E-state index contributed by atoms with van der Waals surface area (Å²) in [6.07, 6.45) is 2.05. The molecule has 2 N–H and O–H groups in total. The van der Waals surface area contributed by atoms with Crippen LogP contribution in [-0.4, -0.2) is 36.3 Å². The Morgan fingerprint density at radius 2 is 1.69 bits per heavy atom. The summed E-state index contributed by atoms with van der Waals surface area (Å²) in [5.41, 5.74) is 2.29. The van der Waals surface area contributed by atoms with Crippen LogP contribution in [0.1, 0.15) is 36.9 Å². The number of likely N-dealkylation sites (tertiary alicyclic amines) is 1. The maximum Gasteiger partial charge on any atom is 0.309 e. The quantitative estimate of drug-likeness (QED) is 0.650. The molecule has 0 unspecified atom stereocenters. The molecule has 0 spiro atoms. The monoisotopic (exact) mass is 457 g/mol. The minimum Gasteiger partial charge on any atom is -0.348 e. The molecule has 0 aromatic heterocycles. The van der Waals surface area contributed by atoms with Crippen LogP contribution in [0, 0.1) is 5.92 Å². The highest BCUT2D eigenvalue weighted by Gasteiger charge is 2.22. The van der Waals surface area contributed by atoms with Crippen LogP contribution < -0.4 is 10.6 Å². The summed E-state index contributed by atoms with van der Waals surface area (Å²) in [5.74, 6) is -0.710. The van der Waals surface area contributed by atoms with Gasteiger partial charge in [-0.05, 0) is 62.0 Å². The predicted molar refractivity (Wildman–Crippen MR) is 118 cm³/mol. The van der Waals surface area contributed by atoms with Crippen molar-refractivity contribution in [2.45, 2.75) is 32.4 Å². The Hall–Kier alpha value is -2.18. The summed E-state index contributed by atoms with van der Waals surface area (Å²) in [7, 11) is 0. The molecule has 3 rings (SSSR count). The van der Waals surface area contributed by atoms with Crippen molar-refractivity contribution in [3.05, 3.63) is 70.2 Å². The lowest BCUT2D eigenvalue weighted by atomic mass is 9.96. The number of nitrogens with one attached hydrogen (secondary N) is 2. The Morgan fingerprint density at radius 3 is 2.34 bits per heavy atom. The number of halogens is 1. The molecule has 0 bridgehead atoms. The molecule has 5 nitrogen and oxygen atoms in total. The van der Waals surface area contributed by atoms with Gasteiger partial charge in [-0.1, -0.05) is 58.4 Å². The van der Waals surface area contributed by atoms with E-state index >= 15 is 0 Å². The maximum absolute atomic E-state index is 12.1. The molecule has 2 amide bonds. The molecule has 1 saturated heterocycles. The van der Waals surface area contributed by atoms with Crippen molar-refractivity contribution >= 4 is 27.7 Å². The Bertz CT molecular complexity index is 803. The largest absolute Gasteiger partial charge is 0.348 e. The SMILES string of the molecule is C[C@@H](NC(=O)C(=O)NCC1CCN(Cc2ccc(Br)cc2)CC1)c1ccccc1. The Labute approximate surface area is 181 Å². The molecule has 2 aromatic rings. The number of benzene rings is 2. The molecular weight excluding hydrogens is 430 g/mol. The van der Waals surface area contributed by atoms with Crippen molar-refractivity contribution in [1.82, 2.24) is 15.5 Å². The first-order valence-corrected chi connectivity index (χ1v) is 10.9. The van der Waals surface area contributed by atoms with Crippen molar-refractivity contribution in [1.29, 1.82) is 0 Å². The zero-order valence-electron chi connectivity index (χ0n) is 16.7. The van der Waals surface area contributed by atoms with E-state index in [0.717, 1.165) is 42.5 Å².